The van der Waals surface area contributed by atoms with Gasteiger partial charge in [0.1, 0.15) is 5.82 Å². The molecule has 0 bridgehead atoms. The molecule has 1 fully saturated rings. The quantitative estimate of drug-likeness (QED) is 0.750. The highest BCUT2D eigenvalue weighted by Crippen LogP contribution is 2.31. The minimum absolute atomic E-state index is 0.603. The molecule has 0 radical (unpaired) electrons. The second-order valence-corrected chi connectivity index (χ2v) is 6.12. The zero-order valence-corrected chi connectivity index (χ0v) is 12.4. The Hall–Kier alpha value is -0.730. The molecule has 2 nitrogen and oxygen atoms in total. The molecule has 1 aliphatic rings. The molecule has 1 aliphatic carbocycles. The number of para-hydroxylation sites is 1. The van der Waals surface area contributed by atoms with Gasteiger partial charge in [-0.3, -0.25) is 0 Å². The van der Waals surface area contributed by atoms with Crippen LogP contribution in [0.2, 0.25) is 5.02 Å². The molecular formula is C15H18Cl2N2. The van der Waals surface area contributed by atoms with Crippen LogP contribution in [0.15, 0.2) is 18.2 Å². The second-order valence-electron chi connectivity index (χ2n) is 5.34. The van der Waals surface area contributed by atoms with Gasteiger partial charge in [0.2, 0.25) is 0 Å². The van der Waals surface area contributed by atoms with Crippen LogP contribution in [0.25, 0.3) is 11.0 Å². The fourth-order valence-electron chi connectivity index (χ4n) is 3.11. The summed E-state index contributed by atoms with van der Waals surface area (Å²) in [5.41, 5.74) is 2.07. The maximum Gasteiger partial charge on any atom is 0.111 e. The first-order valence-electron chi connectivity index (χ1n) is 6.99. The number of alkyl halides is 1. The van der Waals surface area contributed by atoms with Crippen molar-refractivity contribution in [2.24, 2.45) is 5.92 Å². The Labute approximate surface area is 123 Å². The van der Waals surface area contributed by atoms with Crippen LogP contribution in [0, 0.1) is 5.92 Å². The number of imidazole rings is 1. The smallest absolute Gasteiger partial charge is 0.111 e. The standard InChI is InChI=1S/C15H18Cl2N2/c16-9-8-14-18-13-7-3-6-12(17)15(13)19(14)10-11-4-1-2-5-11/h3,6-7,11H,1-2,4-5,8-10H2. The van der Waals surface area contributed by atoms with Gasteiger partial charge in [0.05, 0.1) is 16.1 Å². The van der Waals surface area contributed by atoms with E-state index in [9.17, 15) is 0 Å². The first-order valence-corrected chi connectivity index (χ1v) is 7.90. The average molecular weight is 297 g/mol. The molecule has 0 atom stereocenters. The average Bonchev–Trinajstić information content (AvgIpc) is 3.00. The van der Waals surface area contributed by atoms with Crippen LogP contribution in [0.3, 0.4) is 0 Å². The highest BCUT2D eigenvalue weighted by atomic mass is 35.5. The molecule has 3 rings (SSSR count). The molecule has 2 aromatic rings. The monoisotopic (exact) mass is 296 g/mol. The summed E-state index contributed by atoms with van der Waals surface area (Å²) >= 11 is 12.3. The zero-order chi connectivity index (χ0) is 13.2. The van der Waals surface area contributed by atoms with Crippen LogP contribution in [0.5, 0.6) is 0 Å². The van der Waals surface area contributed by atoms with Crippen LogP contribution < -0.4 is 0 Å². The van der Waals surface area contributed by atoms with Crippen molar-refractivity contribution in [1.82, 2.24) is 9.55 Å². The summed E-state index contributed by atoms with van der Waals surface area (Å²) in [6.07, 6.45) is 6.17. The van der Waals surface area contributed by atoms with Crippen LogP contribution in [0.1, 0.15) is 31.5 Å². The number of fused-ring (bicyclic) bond motifs is 1. The van der Waals surface area contributed by atoms with Gasteiger partial charge in [0.25, 0.3) is 0 Å². The Balaban J connectivity index is 2.04. The summed E-state index contributed by atoms with van der Waals surface area (Å²) in [5, 5.41) is 0.795. The summed E-state index contributed by atoms with van der Waals surface area (Å²) in [7, 11) is 0. The molecule has 1 heterocycles. The number of hydrogen-bond acceptors (Lipinski definition) is 1. The summed E-state index contributed by atoms with van der Waals surface area (Å²) in [6.45, 7) is 1.03. The van der Waals surface area contributed by atoms with Crippen molar-refractivity contribution in [3.63, 3.8) is 0 Å². The van der Waals surface area contributed by atoms with Crippen LogP contribution in [0.4, 0.5) is 0 Å². The van der Waals surface area contributed by atoms with Gasteiger partial charge in [-0.1, -0.05) is 30.5 Å². The first-order chi connectivity index (χ1) is 9.29. The van der Waals surface area contributed by atoms with Gasteiger partial charge in [-0.15, -0.1) is 11.6 Å². The molecular weight excluding hydrogens is 279 g/mol. The number of aromatic nitrogens is 2. The largest absolute Gasteiger partial charge is 0.326 e. The second kappa shape index (κ2) is 5.72. The molecule has 0 unspecified atom stereocenters. The van der Waals surface area contributed by atoms with Crippen molar-refractivity contribution in [2.75, 3.05) is 5.88 Å². The van der Waals surface area contributed by atoms with Crippen molar-refractivity contribution >= 4 is 34.2 Å². The summed E-state index contributed by atoms with van der Waals surface area (Å²) in [4.78, 5) is 4.70. The molecule has 0 saturated heterocycles. The van der Waals surface area contributed by atoms with Crippen LogP contribution >= 0.6 is 23.2 Å². The summed E-state index contributed by atoms with van der Waals surface area (Å²) in [5.74, 6) is 2.44. The number of nitrogens with zero attached hydrogens (tertiary/aromatic N) is 2. The van der Waals surface area contributed by atoms with Crippen molar-refractivity contribution < 1.29 is 0 Å². The van der Waals surface area contributed by atoms with Crippen molar-refractivity contribution in [3.05, 3.63) is 29.0 Å². The molecule has 1 saturated carbocycles. The molecule has 0 aliphatic heterocycles. The number of halogens is 2. The first kappa shape index (κ1) is 13.3. The van der Waals surface area contributed by atoms with E-state index in [-0.39, 0.29) is 0 Å². The van der Waals surface area contributed by atoms with E-state index in [2.05, 4.69) is 4.57 Å². The van der Waals surface area contributed by atoms with Gasteiger partial charge in [-0.2, -0.15) is 0 Å². The lowest BCUT2D eigenvalue weighted by atomic mass is 10.1. The van der Waals surface area contributed by atoms with Gasteiger partial charge < -0.3 is 4.57 Å². The predicted molar refractivity (Wildman–Crippen MR) is 81.1 cm³/mol. The van der Waals surface area contributed by atoms with Crippen molar-refractivity contribution in [1.29, 1.82) is 0 Å². The van der Waals surface area contributed by atoms with E-state index in [4.69, 9.17) is 28.2 Å². The van der Waals surface area contributed by atoms with Crippen molar-refractivity contribution in [2.45, 2.75) is 38.6 Å². The van der Waals surface area contributed by atoms with E-state index in [0.29, 0.717) is 5.88 Å². The van der Waals surface area contributed by atoms with E-state index < -0.39 is 0 Å². The van der Waals surface area contributed by atoms with Gasteiger partial charge in [-0.05, 0) is 30.9 Å². The predicted octanol–water partition coefficient (Wildman–Crippen LogP) is 4.66. The van der Waals surface area contributed by atoms with Crippen molar-refractivity contribution in [3.8, 4) is 0 Å². The Bertz CT molecular complexity index is 571. The maximum absolute atomic E-state index is 6.37. The minimum Gasteiger partial charge on any atom is -0.326 e. The Morgan fingerprint density at radius 1 is 1.26 bits per heavy atom. The van der Waals surface area contributed by atoms with Gasteiger partial charge in [-0.25, -0.2) is 4.98 Å². The van der Waals surface area contributed by atoms with Gasteiger partial charge >= 0.3 is 0 Å². The molecule has 1 aromatic carbocycles. The molecule has 102 valence electrons. The number of benzene rings is 1. The molecule has 1 aromatic heterocycles. The highest BCUT2D eigenvalue weighted by Gasteiger charge is 2.20. The molecule has 4 heteroatoms. The summed E-state index contributed by atoms with van der Waals surface area (Å²) in [6, 6.07) is 5.94. The van der Waals surface area contributed by atoms with Crippen LogP contribution in [-0.2, 0) is 13.0 Å². The third-order valence-corrected chi connectivity index (χ3v) is 4.52. The van der Waals surface area contributed by atoms with E-state index in [1.165, 1.54) is 25.7 Å². The molecule has 0 spiro atoms. The minimum atomic E-state index is 0.603. The number of hydrogen-bond donors (Lipinski definition) is 0. The molecule has 0 amide bonds. The maximum atomic E-state index is 6.37. The van der Waals surface area contributed by atoms with E-state index >= 15 is 0 Å². The normalized spacial score (nSPS) is 16.5. The lowest BCUT2D eigenvalue weighted by molar-refractivity contribution is 0.455. The number of aryl methyl sites for hydroxylation is 1. The third kappa shape index (κ3) is 2.61. The van der Waals surface area contributed by atoms with Crippen LogP contribution in [-0.4, -0.2) is 15.4 Å². The Morgan fingerprint density at radius 2 is 2.05 bits per heavy atom. The van der Waals surface area contributed by atoms with E-state index in [0.717, 1.165) is 40.8 Å². The van der Waals surface area contributed by atoms with Gasteiger partial charge in [0.15, 0.2) is 0 Å². The topological polar surface area (TPSA) is 17.8 Å². The number of rotatable bonds is 4. The molecule has 0 N–H and O–H groups in total. The highest BCUT2D eigenvalue weighted by molar-refractivity contribution is 6.35. The van der Waals surface area contributed by atoms with Gasteiger partial charge in [0, 0.05) is 18.8 Å². The zero-order valence-electron chi connectivity index (χ0n) is 10.9. The SMILES string of the molecule is ClCCc1nc2cccc(Cl)c2n1CC1CCCC1. The van der Waals surface area contributed by atoms with E-state index in [1.807, 2.05) is 18.2 Å². The Morgan fingerprint density at radius 3 is 2.79 bits per heavy atom. The summed E-state index contributed by atoms with van der Waals surface area (Å²) < 4.78 is 2.30. The fraction of sp³-hybridized carbons (Fsp3) is 0.533. The lowest BCUT2D eigenvalue weighted by Crippen LogP contribution is -2.11. The fourth-order valence-corrected chi connectivity index (χ4v) is 3.55. The Kier molecular flexibility index (Phi) is 3.99. The molecule has 19 heavy (non-hydrogen) atoms. The van der Waals surface area contributed by atoms with E-state index in [1.54, 1.807) is 0 Å². The lowest BCUT2D eigenvalue weighted by Gasteiger charge is -2.14. The third-order valence-electron chi connectivity index (χ3n) is 4.03.